The second-order valence-corrected chi connectivity index (χ2v) is 9.05. The number of rotatable bonds is 5. The Balaban J connectivity index is 1.86. The predicted molar refractivity (Wildman–Crippen MR) is 131 cm³/mol. The highest BCUT2D eigenvalue weighted by Crippen LogP contribution is 2.22. The van der Waals surface area contributed by atoms with Crippen molar-refractivity contribution in [1.82, 2.24) is 15.1 Å². The third-order valence-corrected chi connectivity index (χ3v) is 5.56. The van der Waals surface area contributed by atoms with Crippen molar-refractivity contribution in [1.29, 1.82) is 0 Å². The van der Waals surface area contributed by atoms with Crippen LogP contribution < -0.4 is 10.6 Å². The van der Waals surface area contributed by atoms with E-state index in [1.807, 2.05) is 37.6 Å². The molecule has 0 atom stereocenters. The highest BCUT2D eigenvalue weighted by molar-refractivity contribution is 6.09. The van der Waals surface area contributed by atoms with Crippen molar-refractivity contribution >= 4 is 17.6 Å². The number of carbonyl (C=O) groups is 1. The zero-order valence-electron chi connectivity index (χ0n) is 20.2. The number of anilines is 1. The molecule has 3 aromatic rings. The molecule has 7 heteroatoms. The molecule has 0 aliphatic carbocycles. The molecule has 0 bridgehead atoms. The molecule has 0 saturated heterocycles. The summed E-state index contributed by atoms with van der Waals surface area (Å²) in [6, 6.07) is 13.5. The van der Waals surface area contributed by atoms with Crippen molar-refractivity contribution in [2.45, 2.75) is 60.0 Å². The van der Waals surface area contributed by atoms with Crippen LogP contribution in [0.1, 0.15) is 60.6 Å². The van der Waals surface area contributed by atoms with Gasteiger partial charge in [0, 0.05) is 29.1 Å². The fraction of sp³-hybridized carbons (Fsp3) is 0.346. The number of guanidine groups is 1. The average Bonchev–Trinajstić information content (AvgIpc) is 3.04. The molecule has 0 aliphatic heterocycles. The molecule has 3 rings (SSSR count). The van der Waals surface area contributed by atoms with Gasteiger partial charge in [-0.2, -0.15) is 5.10 Å². The number of aromatic nitrogens is 2. The van der Waals surface area contributed by atoms with E-state index >= 15 is 0 Å². The molecule has 2 N–H and O–H groups in total. The van der Waals surface area contributed by atoms with E-state index in [0.29, 0.717) is 17.8 Å². The Hall–Kier alpha value is -3.48. The first-order valence-electron chi connectivity index (χ1n) is 11.1. The number of aryl methyl sites for hydroxylation is 2. The highest BCUT2D eigenvalue weighted by Gasteiger charge is 2.16. The van der Waals surface area contributed by atoms with Crippen molar-refractivity contribution in [3.05, 3.63) is 82.4 Å². The molecule has 0 radical (unpaired) electrons. The van der Waals surface area contributed by atoms with E-state index in [2.05, 4.69) is 41.5 Å². The molecule has 1 amide bonds. The molecule has 1 heterocycles. The van der Waals surface area contributed by atoms with E-state index in [0.717, 1.165) is 29.1 Å². The van der Waals surface area contributed by atoms with Crippen LogP contribution in [0.15, 0.2) is 53.5 Å². The second kappa shape index (κ2) is 9.98. The third-order valence-electron chi connectivity index (χ3n) is 5.56. The molecule has 1 aromatic heterocycles. The van der Waals surface area contributed by atoms with Gasteiger partial charge in [-0.3, -0.25) is 14.8 Å². The van der Waals surface area contributed by atoms with Crippen LogP contribution in [0.2, 0.25) is 0 Å². The Labute approximate surface area is 194 Å². The van der Waals surface area contributed by atoms with Crippen molar-refractivity contribution in [3.63, 3.8) is 0 Å². The molecule has 2 aromatic carbocycles. The van der Waals surface area contributed by atoms with Gasteiger partial charge in [0.1, 0.15) is 5.82 Å². The number of nitrogens with zero attached hydrogens (tertiary/aromatic N) is 3. The number of hydrogen-bond acceptors (Lipinski definition) is 3. The minimum absolute atomic E-state index is 0.000781. The van der Waals surface area contributed by atoms with Gasteiger partial charge in [0.2, 0.25) is 5.96 Å². The minimum Gasteiger partial charge on any atom is -0.326 e. The van der Waals surface area contributed by atoms with Crippen molar-refractivity contribution in [2.75, 3.05) is 5.32 Å². The molecule has 0 unspecified atom stereocenters. The van der Waals surface area contributed by atoms with Gasteiger partial charge in [-0.15, -0.1) is 0 Å². The van der Waals surface area contributed by atoms with Crippen LogP contribution in [0.25, 0.3) is 0 Å². The number of nitrogens with one attached hydrogen (secondary N) is 2. The zero-order valence-corrected chi connectivity index (χ0v) is 20.2. The van der Waals surface area contributed by atoms with Gasteiger partial charge in [0.05, 0.1) is 12.2 Å². The topological polar surface area (TPSA) is 71.3 Å². The number of amides is 1. The van der Waals surface area contributed by atoms with Crippen LogP contribution in [0, 0.1) is 19.7 Å². The van der Waals surface area contributed by atoms with Crippen LogP contribution in [-0.2, 0) is 18.5 Å². The maximum atomic E-state index is 13.7. The van der Waals surface area contributed by atoms with Gasteiger partial charge in [-0.25, -0.2) is 9.38 Å². The van der Waals surface area contributed by atoms with E-state index < -0.39 is 0 Å². The number of aliphatic imine (C=N–C) groups is 1. The SMILES string of the molecule is CCn1nc(C)c(CN=C(NC(=O)c2ccc(C(C)(C)C)cc2)Nc2cccc(F)c2)c1C. The minimum atomic E-state index is -0.376. The Morgan fingerprint density at radius 2 is 1.82 bits per heavy atom. The summed E-state index contributed by atoms with van der Waals surface area (Å²) >= 11 is 0. The van der Waals surface area contributed by atoms with Gasteiger partial charge in [0.25, 0.3) is 5.91 Å². The first-order chi connectivity index (χ1) is 15.6. The average molecular weight is 450 g/mol. The smallest absolute Gasteiger partial charge is 0.257 e. The van der Waals surface area contributed by atoms with Gasteiger partial charge in [0.15, 0.2) is 0 Å². The lowest BCUT2D eigenvalue weighted by molar-refractivity contribution is 0.0977. The Morgan fingerprint density at radius 1 is 1.12 bits per heavy atom. The first kappa shape index (κ1) is 24.2. The van der Waals surface area contributed by atoms with Crippen LogP contribution in [0.4, 0.5) is 10.1 Å². The Morgan fingerprint density at radius 3 is 2.39 bits per heavy atom. The first-order valence-corrected chi connectivity index (χ1v) is 11.1. The summed E-state index contributed by atoms with van der Waals surface area (Å²) in [5.74, 6) is -0.427. The summed E-state index contributed by atoms with van der Waals surface area (Å²) in [5, 5.41) is 10.4. The molecular formula is C26H32FN5O. The molecule has 0 fully saturated rings. The van der Waals surface area contributed by atoms with E-state index in [4.69, 9.17) is 0 Å². The molecule has 6 nitrogen and oxygen atoms in total. The molecule has 0 spiro atoms. The Kier molecular flexibility index (Phi) is 7.31. The molecule has 0 aliphatic rings. The van der Waals surface area contributed by atoms with Crippen LogP contribution in [0.3, 0.4) is 0 Å². The lowest BCUT2D eigenvalue weighted by atomic mass is 9.87. The maximum Gasteiger partial charge on any atom is 0.257 e. The summed E-state index contributed by atoms with van der Waals surface area (Å²) in [6.07, 6.45) is 0. The van der Waals surface area contributed by atoms with Gasteiger partial charge < -0.3 is 5.32 Å². The molecule has 33 heavy (non-hydrogen) atoms. The van der Waals surface area contributed by atoms with E-state index in [1.165, 1.54) is 12.1 Å². The highest BCUT2D eigenvalue weighted by atomic mass is 19.1. The van der Waals surface area contributed by atoms with Crippen LogP contribution in [0.5, 0.6) is 0 Å². The van der Waals surface area contributed by atoms with Crippen LogP contribution >= 0.6 is 0 Å². The van der Waals surface area contributed by atoms with E-state index in [-0.39, 0.29) is 23.1 Å². The van der Waals surface area contributed by atoms with Crippen molar-refractivity contribution in [3.8, 4) is 0 Å². The maximum absolute atomic E-state index is 13.7. The summed E-state index contributed by atoms with van der Waals surface area (Å²) < 4.78 is 15.6. The fourth-order valence-corrected chi connectivity index (χ4v) is 3.54. The number of benzene rings is 2. The molecule has 0 saturated carbocycles. The van der Waals surface area contributed by atoms with Gasteiger partial charge in [-0.05, 0) is 62.1 Å². The number of carbonyl (C=O) groups excluding carboxylic acids is 1. The molecular weight excluding hydrogens is 417 g/mol. The number of hydrogen-bond donors (Lipinski definition) is 2. The second-order valence-electron chi connectivity index (χ2n) is 9.05. The summed E-state index contributed by atoms with van der Waals surface area (Å²) in [4.78, 5) is 17.6. The monoisotopic (exact) mass is 449 g/mol. The summed E-state index contributed by atoms with van der Waals surface area (Å²) in [7, 11) is 0. The lowest BCUT2D eigenvalue weighted by Gasteiger charge is -2.19. The van der Waals surface area contributed by atoms with Gasteiger partial charge >= 0.3 is 0 Å². The number of halogens is 1. The largest absolute Gasteiger partial charge is 0.326 e. The summed E-state index contributed by atoms with van der Waals surface area (Å²) in [6.45, 7) is 13.5. The van der Waals surface area contributed by atoms with E-state index in [9.17, 15) is 9.18 Å². The van der Waals surface area contributed by atoms with Crippen molar-refractivity contribution < 1.29 is 9.18 Å². The standard InChI is InChI=1S/C26H32FN5O/c1-7-32-18(3)23(17(2)31-32)16-28-25(29-22-10-8-9-21(27)15-22)30-24(33)19-11-13-20(14-12-19)26(4,5)6/h8-15H,7,16H2,1-6H3,(H2,28,29,30,33). The van der Waals surface area contributed by atoms with E-state index in [1.54, 1.807) is 24.3 Å². The normalized spacial score (nSPS) is 12.0. The van der Waals surface area contributed by atoms with Crippen LogP contribution in [-0.4, -0.2) is 21.6 Å². The van der Waals surface area contributed by atoms with Gasteiger partial charge in [-0.1, -0.05) is 39.0 Å². The molecule has 174 valence electrons. The fourth-order valence-electron chi connectivity index (χ4n) is 3.54. The summed E-state index contributed by atoms with van der Waals surface area (Å²) in [5.41, 5.74) is 5.08. The quantitative estimate of drug-likeness (QED) is 0.407. The van der Waals surface area contributed by atoms with Crippen molar-refractivity contribution in [2.24, 2.45) is 4.99 Å². The lowest BCUT2D eigenvalue weighted by Crippen LogP contribution is -2.36. The predicted octanol–water partition coefficient (Wildman–Crippen LogP) is 5.35. The Bertz CT molecular complexity index is 1160. The zero-order chi connectivity index (χ0) is 24.2. The third kappa shape index (κ3) is 6.06.